The minimum atomic E-state index is -0.0806. The number of fused-ring (bicyclic) bond motifs is 3. The van der Waals surface area contributed by atoms with Crippen molar-refractivity contribution in [2.24, 2.45) is 0 Å². The molecule has 0 atom stereocenters. The van der Waals surface area contributed by atoms with Gasteiger partial charge in [-0.2, -0.15) is 0 Å². The highest BCUT2D eigenvalue weighted by Gasteiger charge is 2.20. The van der Waals surface area contributed by atoms with Gasteiger partial charge in [-0.05, 0) is 26.0 Å². The van der Waals surface area contributed by atoms with E-state index in [0.29, 0.717) is 21.7 Å². The molecule has 0 saturated heterocycles. The second kappa shape index (κ2) is 6.25. The Bertz CT molecular complexity index is 1100. The molecule has 0 spiro atoms. The van der Waals surface area contributed by atoms with Gasteiger partial charge >= 0.3 is 0 Å². The quantitative estimate of drug-likeness (QED) is 0.565. The molecular weight excluding hydrogens is 334 g/mol. The predicted octanol–water partition coefficient (Wildman–Crippen LogP) is 3.24. The third kappa shape index (κ3) is 2.47. The Kier molecular flexibility index (Phi) is 3.93. The third-order valence-electron chi connectivity index (χ3n) is 4.17. The molecule has 0 N–H and O–H groups in total. The van der Waals surface area contributed by atoms with Crippen LogP contribution in [0.2, 0.25) is 0 Å². The molecule has 0 unspecified atom stereocenters. The fourth-order valence-electron chi connectivity index (χ4n) is 2.93. The molecule has 126 valence electrons. The summed E-state index contributed by atoms with van der Waals surface area (Å²) in [4.78, 5) is 29.7. The lowest BCUT2D eigenvalue weighted by Gasteiger charge is -2.23. The van der Waals surface area contributed by atoms with Gasteiger partial charge in [0, 0.05) is 25.5 Å². The lowest BCUT2D eigenvalue weighted by molar-refractivity contribution is 0.787. The summed E-state index contributed by atoms with van der Waals surface area (Å²) < 4.78 is 2.27. The van der Waals surface area contributed by atoms with Crippen LogP contribution in [0.5, 0.6) is 0 Å². The molecule has 4 rings (SSSR count). The predicted molar refractivity (Wildman–Crippen MR) is 102 cm³/mol. The zero-order valence-corrected chi connectivity index (χ0v) is 14.8. The van der Waals surface area contributed by atoms with Crippen molar-refractivity contribution >= 4 is 37.8 Å². The Morgan fingerprint density at radius 2 is 1.76 bits per heavy atom. The van der Waals surface area contributed by atoms with E-state index in [1.165, 1.54) is 11.3 Å². The Morgan fingerprint density at radius 1 is 1.04 bits per heavy atom. The molecular formula is C18H17N5OS. The minimum Gasteiger partial charge on any atom is -0.342 e. The number of thiophene rings is 1. The molecule has 4 aromatic rings. The molecule has 7 heteroatoms. The SMILES string of the molecule is CCN(CC)c1nc2c(sc3nccnc32)c(=O)n1-c1ccccc1. The summed E-state index contributed by atoms with van der Waals surface area (Å²) in [6, 6.07) is 9.63. The van der Waals surface area contributed by atoms with Crippen LogP contribution in [0.1, 0.15) is 13.8 Å². The average molecular weight is 351 g/mol. The van der Waals surface area contributed by atoms with Crippen LogP contribution < -0.4 is 10.5 Å². The highest BCUT2D eigenvalue weighted by molar-refractivity contribution is 7.25. The van der Waals surface area contributed by atoms with Gasteiger partial charge in [0.25, 0.3) is 5.56 Å². The molecule has 0 aliphatic carbocycles. The second-order valence-corrected chi connectivity index (χ2v) is 6.55. The number of benzene rings is 1. The summed E-state index contributed by atoms with van der Waals surface area (Å²) in [6.45, 7) is 5.63. The molecule has 0 amide bonds. The Labute approximate surface area is 148 Å². The van der Waals surface area contributed by atoms with Crippen LogP contribution in [0.3, 0.4) is 0 Å². The molecule has 0 bridgehead atoms. The smallest absolute Gasteiger partial charge is 0.277 e. The summed E-state index contributed by atoms with van der Waals surface area (Å²) in [5.41, 5.74) is 2.05. The molecule has 0 radical (unpaired) electrons. The van der Waals surface area contributed by atoms with Gasteiger partial charge in [0.1, 0.15) is 20.6 Å². The molecule has 0 aliphatic rings. The van der Waals surface area contributed by atoms with Gasteiger partial charge in [0.2, 0.25) is 5.95 Å². The van der Waals surface area contributed by atoms with Gasteiger partial charge in [-0.3, -0.25) is 4.79 Å². The Balaban J connectivity index is 2.14. The Hall–Kier alpha value is -2.80. The van der Waals surface area contributed by atoms with Crippen molar-refractivity contribution in [3.05, 3.63) is 53.1 Å². The number of aromatic nitrogens is 4. The molecule has 0 saturated carbocycles. The summed E-state index contributed by atoms with van der Waals surface area (Å²) in [7, 11) is 0. The van der Waals surface area contributed by atoms with Crippen molar-refractivity contribution in [1.29, 1.82) is 0 Å². The number of rotatable bonds is 4. The first-order valence-electron chi connectivity index (χ1n) is 8.21. The van der Waals surface area contributed by atoms with Crippen molar-refractivity contribution in [2.45, 2.75) is 13.8 Å². The molecule has 6 nitrogen and oxygen atoms in total. The zero-order valence-electron chi connectivity index (χ0n) is 14.0. The maximum atomic E-state index is 13.3. The van der Waals surface area contributed by atoms with Crippen LogP contribution in [0.4, 0.5) is 5.95 Å². The van der Waals surface area contributed by atoms with Crippen LogP contribution in [0.25, 0.3) is 26.3 Å². The largest absolute Gasteiger partial charge is 0.342 e. The normalized spacial score (nSPS) is 11.3. The van der Waals surface area contributed by atoms with Gasteiger partial charge in [0.15, 0.2) is 0 Å². The number of anilines is 1. The van der Waals surface area contributed by atoms with Crippen molar-refractivity contribution in [3.8, 4) is 5.69 Å². The van der Waals surface area contributed by atoms with E-state index in [4.69, 9.17) is 4.98 Å². The molecule has 1 aromatic carbocycles. The fraction of sp³-hybridized carbons (Fsp3) is 0.222. The van der Waals surface area contributed by atoms with Crippen LogP contribution in [-0.4, -0.2) is 32.6 Å². The van der Waals surface area contributed by atoms with Crippen LogP contribution in [-0.2, 0) is 0 Å². The Morgan fingerprint density at radius 3 is 2.48 bits per heavy atom. The van der Waals surface area contributed by atoms with Gasteiger partial charge in [-0.1, -0.05) is 18.2 Å². The van der Waals surface area contributed by atoms with E-state index in [-0.39, 0.29) is 5.56 Å². The van der Waals surface area contributed by atoms with E-state index < -0.39 is 0 Å². The van der Waals surface area contributed by atoms with E-state index in [2.05, 4.69) is 28.7 Å². The summed E-state index contributed by atoms with van der Waals surface area (Å²) in [6.07, 6.45) is 3.27. The monoisotopic (exact) mass is 351 g/mol. The summed E-state index contributed by atoms with van der Waals surface area (Å²) in [5, 5.41) is 0. The fourth-order valence-corrected chi connectivity index (χ4v) is 3.90. The van der Waals surface area contributed by atoms with Crippen molar-refractivity contribution in [3.63, 3.8) is 0 Å². The van der Waals surface area contributed by atoms with Crippen LogP contribution >= 0.6 is 11.3 Å². The van der Waals surface area contributed by atoms with E-state index in [0.717, 1.165) is 23.6 Å². The zero-order chi connectivity index (χ0) is 17.4. The first-order chi connectivity index (χ1) is 12.2. The molecule has 3 heterocycles. The summed E-state index contributed by atoms with van der Waals surface area (Å²) in [5.74, 6) is 0.638. The standard InChI is InChI=1S/C18H17N5OS/c1-3-22(4-2)18-21-13-14-16(20-11-10-19-14)25-15(13)17(24)23(18)12-8-6-5-7-9-12/h5-11H,3-4H2,1-2H3. The first-order valence-corrected chi connectivity index (χ1v) is 9.02. The molecule has 0 aliphatic heterocycles. The third-order valence-corrected chi connectivity index (χ3v) is 5.24. The lowest BCUT2D eigenvalue weighted by atomic mass is 10.3. The van der Waals surface area contributed by atoms with E-state index in [1.807, 2.05) is 30.3 Å². The highest BCUT2D eigenvalue weighted by atomic mass is 32.1. The van der Waals surface area contributed by atoms with Crippen molar-refractivity contribution < 1.29 is 0 Å². The van der Waals surface area contributed by atoms with Gasteiger partial charge in [-0.15, -0.1) is 11.3 Å². The average Bonchev–Trinajstić information content (AvgIpc) is 3.03. The van der Waals surface area contributed by atoms with Crippen LogP contribution in [0.15, 0.2) is 47.5 Å². The van der Waals surface area contributed by atoms with Gasteiger partial charge in [-0.25, -0.2) is 19.5 Å². The van der Waals surface area contributed by atoms with Crippen LogP contribution in [0, 0.1) is 0 Å². The number of hydrogen-bond donors (Lipinski definition) is 0. The maximum absolute atomic E-state index is 13.3. The highest BCUT2D eigenvalue weighted by Crippen LogP contribution is 2.29. The number of nitrogens with zero attached hydrogens (tertiary/aromatic N) is 5. The molecule has 0 fully saturated rings. The van der Waals surface area contributed by atoms with Gasteiger partial charge in [0.05, 0.1) is 5.69 Å². The van der Waals surface area contributed by atoms with E-state index in [9.17, 15) is 4.79 Å². The molecule has 3 aromatic heterocycles. The first kappa shape index (κ1) is 15.7. The van der Waals surface area contributed by atoms with Crippen molar-refractivity contribution in [1.82, 2.24) is 19.5 Å². The molecule has 25 heavy (non-hydrogen) atoms. The lowest BCUT2D eigenvalue weighted by Crippen LogP contribution is -2.31. The number of hydrogen-bond acceptors (Lipinski definition) is 6. The minimum absolute atomic E-state index is 0.0806. The van der Waals surface area contributed by atoms with Crippen molar-refractivity contribution in [2.75, 3.05) is 18.0 Å². The topological polar surface area (TPSA) is 63.9 Å². The number of para-hydroxylation sites is 1. The van der Waals surface area contributed by atoms with E-state index >= 15 is 0 Å². The second-order valence-electron chi connectivity index (χ2n) is 5.55. The maximum Gasteiger partial charge on any atom is 0.277 e. The summed E-state index contributed by atoms with van der Waals surface area (Å²) >= 11 is 1.34. The van der Waals surface area contributed by atoms with E-state index in [1.54, 1.807) is 17.0 Å². The van der Waals surface area contributed by atoms with Gasteiger partial charge < -0.3 is 4.90 Å².